The van der Waals surface area contributed by atoms with Crippen molar-refractivity contribution in [2.24, 2.45) is 0 Å². The minimum absolute atomic E-state index is 0. The number of halogens is 1. The summed E-state index contributed by atoms with van der Waals surface area (Å²) in [4.78, 5) is 14.1. The van der Waals surface area contributed by atoms with E-state index in [4.69, 9.17) is 4.74 Å². The summed E-state index contributed by atoms with van der Waals surface area (Å²) in [5, 5.41) is 0. The van der Waals surface area contributed by atoms with Crippen molar-refractivity contribution in [3.8, 4) is 0 Å². The molecule has 21 heavy (non-hydrogen) atoms. The van der Waals surface area contributed by atoms with E-state index in [0.717, 1.165) is 32.5 Å². The fourth-order valence-electron chi connectivity index (χ4n) is 2.69. The third kappa shape index (κ3) is 6.14. The summed E-state index contributed by atoms with van der Waals surface area (Å²) in [5.74, 6) is 0.269. The molecule has 0 radical (unpaired) electrons. The topological polar surface area (TPSA) is 33.4 Å². The van der Waals surface area contributed by atoms with Crippen LogP contribution in [-0.2, 0) is 16.1 Å². The smallest absolute Gasteiger partial charge is 0.222 e. The van der Waals surface area contributed by atoms with Gasteiger partial charge in [-0.05, 0) is 20.3 Å². The highest BCUT2D eigenvalue weighted by atomic mass is 79.9. The molecule has 1 aliphatic rings. The van der Waals surface area contributed by atoms with Crippen molar-refractivity contribution >= 4 is 5.91 Å². The Morgan fingerprint density at radius 1 is 1.14 bits per heavy atom. The highest BCUT2D eigenvalue weighted by Gasteiger charge is 2.25. The van der Waals surface area contributed by atoms with Crippen molar-refractivity contribution < 1.29 is 31.1 Å². The van der Waals surface area contributed by atoms with E-state index in [1.165, 1.54) is 0 Å². The van der Waals surface area contributed by atoms with Crippen LogP contribution in [0.5, 0.6) is 0 Å². The molecule has 0 bridgehead atoms. The summed E-state index contributed by atoms with van der Waals surface area (Å²) in [5.41, 5.74) is 0. The summed E-state index contributed by atoms with van der Waals surface area (Å²) >= 11 is 0. The van der Waals surface area contributed by atoms with Crippen LogP contribution < -0.4 is 21.5 Å². The van der Waals surface area contributed by atoms with Gasteiger partial charge in [0.15, 0.2) is 12.4 Å². The number of aryl methyl sites for hydroxylation is 1. The van der Waals surface area contributed by atoms with Gasteiger partial charge in [0, 0.05) is 38.1 Å². The second-order valence-corrected chi connectivity index (χ2v) is 5.63. The number of nitrogens with zero attached hydrogens (tertiary/aromatic N) is 2. The summed E-state index contributed by atoms with van der Waals surface area (Å²) in [6, 6.07) is 6.07. The number of morpholine rings is 1. The molecule has 1 fully saturated rings. The molecule has 118 valence electrons. The molecule has 0 spiro atoms. The van der Waals surface area contributed by atoms with Gasteiger partial charge >= 0.3 is 0 Å². The van der Waals surface area contributed by atoms with Crippen LogP contribution in [0.4, 0.5) is 0 Å². The molecule has 2 atom stereocenters. The Morgan fingerprint density at radius 2 is 1.76 bits per heavy atom. The van der Waals surface area contributed by atoms with Crippen LogP contribution in [0.1, 0.15) is 33.1 Å². The average molecular weight is 357 g/mol. The van der Waals surface area contributed by atoms with Crippen LogP contribution >= 0.6 is 0 Å². The monoisotopic (exact) mass is 356 g/mol. The zero-order valence-corrected chi connectivity index (χ0v) is 14.5. The Labute approximate surface area is 137 Å². The van der Waals surface area contributed by atoms with Gasteiger partial charge in [0.2, 0.25) is 5.91 Å². The van der Waals surface area contributed by atoms with Crippen LogP contribution in [0.15, 0.2) is 30.6 Å². The zero-order valence-electron chi connectivity index (χ0n) is 12.9. The van der Waals surface area contributed by atoms with Crippen molar-refractivity contribution in [1.82, 2.24) is 4.90 Å². The molecule has 0 aromatic carbocycles. The largest absolute Gasteiger partial charge is 1.00 e. The molecule has 2 unspecified atom stereocenters. The second-order valence-electron chi connectivity index (χ2n) is 5.63. The Hall–Kier alpha value is -0.940. The van der Waals surface area contributed by atoms with Gasteiger partial charge in [0.05, 0.1) is 12.2 Å². The molecular weight excluding hydrogens is 332 g/mol. The molecule has 1 aromatic rings. The van der Waals surface area contributed by atoms with Gasteiger partial charge in [0.1, 0.15) is 6.54 Å². The number of amides is 1. The van der Waals surface area contributed by atoms with Gasteiger partial charge in [-0.15, -0.1) is 0 Å². The van der Waals surface area contributed by atoms with Crippen molar-refractivity contribution in [3.63, 3.8) is 0 Å². The molecule has 0 saturated carbocycles. The van der Waals surface area contributed by atoms with Crippen LogP contribution in [0.3, 0.4) is 0 Å². The SMILES string of the molecule is CC1CN(C(=O)CCCC[n+]2ccccc2)CC(C)O1.[Br-]. The molecule has 1 saturated heterocycles. The highest BCUT2D eigenvalue weighted by molar-refractivity contribution is 5.76. The van der Waals surface area contributed by atoms with E-state index in [1.807, 2.05) is 36.9 Å². The van der Waals surface area contributed by atoms with Crippen molar-refractivity contribution in [3.05, 3.63) is 30.6 Å². The molecule has 0 N–H and O–H groups in total. The summed E-state index contributed by atoms with van der Waals surface area (Å²) in [6.45, 7) is 6.50. The first-order valence-corrected chi connectivity index (χ1v) is 7.52. The summed E-state index contributed by atoms with van der Waals surface area (Å²) in [6.07, 6.45) is 7.06. The third-order valence-electron chi connectivity index (χ3n) is 3.61. The maximum atomic E-state index is 12.2. The number of carbonyl (C=O) groups excluding carboxylic acids is 1. The lowest BCUT2D eigenvalue weighted by Gasteiger charge is -2.35. The molecule has 2 heterocycles. The quantitative estimate of drug-likeness (QED) is 0.489. The lowest BCUT2D eigenvalue weighted by molar-refractivity contribution is -0.697. The number of hydrogen-bond donors (Lipinski definition) is 0. The van der Waals surface area contributed by atoms with E-state index in [9.17, 15) is 4.79 Å². The van der Waals surface area contributed by atoms with Gasteiger partial charge in [0.25, 0.3) is 0 Å². The fourth-order valence-corrected chi connectivity index (χ4v) is 2.69. The Bertz CT molecular complexity index is 418. The third-order valence-corrected chi connectivity index (χ3v) is 3.61. The van der Waals surface area contributed by atoms with Gasteiger partial charge in [-0.2, -0.15) is 0 Å². The van der Waals surface area contributed by atoms with E-state index in [-0.39, 0.29) is 35.1 Å². The second kappa shape index (κ2) is 9.15. The summed E-state index contributed by atoms with van der Waals surface area (Å²) in [7, 11) is 0. The fraction of sp³-hybridized carbons (Fsp3) is 0.625. The standard InChI is InChI=1S/C16H25N2O2.BrH/c1-14-12-18(13-15(2)20-14)16(19)8-4-7-11-17-9-5-3-6-10-17;/h3,5-6,9-10,14-15H,4,7-8,11-13H2,1-2H3;1H/q+1;/p-1. The molecule has 1 aromatic heterocycles. The van der Waals surface area contributed by atoms with E-state index in [0.29, 0.717) is 6.42 Å². The predicted octanol–water partition coefficient (Wildman–Crippen LogP) is -1.22. The van der Waals surface area contributed by atoms with Crippen LogP contribution in [-0.4, -0.2) is 36.1 Å². The number of ether oxygens (including phenoxy) is 1. The Morgan fingerprint density at radius 3 is 2.38 bits per heavy atom. The first-order valence-electron chi connectivity index (χ1n) is 7.52. The Kier molecular flexibility index (Phi) is 7.89. The maximum absolute atomic E-state index is 12.2. The van der Waals surface area contributed by atoms with E-state index in [1.54, 1.807) is 0 Å². The molecule has 1 amide bonds. The lowest BCUT2D eigenvalue weighted by Crippen LogP contribution is -3.00. The number of aromatic nitrogens is 1. The molecule has 0 aliphatic carbocycles. The lowest BCUT2D eigenvalue weighted by atomic mass is 10.1. The maximum Gasteiger partial charge on any atom is 0.222 e. The molecule has 1 aliphatic heterocycles. The highest BCUT2D eigenvalue weighted by Crippen LogP contribution is 2.12. The molecule has 5 heteroatoms. The van der Waals surface area contributed by atoms with E-state index >= 15 is 0 Å². The van der Waals surface area contributed by atoms with Crippen molar-refractivity contribution in [1.29, 1.82) is 0 Å². The van der Waals surface area contributed by atoms with Crippen LogP contribution in [0.25, 0.3) is 0 Å². The number of pyridine rings is 1. The average Bonchev–Trinajstić information content (AvgIpc) is 2.43. The molecular formula is C16H25BrN2O2. The van der Waals surface area contributed by atoms with Gasteiger partial charge in [-0.1, -0.05) is 6.07 Å². The predicted molar refractivity (Wildman–Crippen MR) is 77.1 cm³/mol. The number of unbranched alkanes of at least 4 members (excludes halogenated alkanes) is 1. The molecule has 4 nitrogen and oxygen atoms in total. The molecule has 2 rings (SSSR count). The van der Waals surface area contributed by atoms with Gasteiger partial charge in [-0.25, -0.2) is 4.57 Å². The zero-order chi connectivity index (χ0) is 14.4. The van der Waals surface area contributed by atoms with Crippen LogP contribution in [0, 0.1) is 0 Å². The van der Waals surface area contributed by atoms with E-state index in [2.05, 4.69) is 17.0 Å². The number of hydrogen-bond acceptors (Lipinski definition) is 2. The minimum atomic E-state index is 0. The summed E-state index contributed by atoms with van der Waals surface area (Å²) < 4.78 is 7.81. The minimum Gasteiger partial charge on any atom is -1.00 e. The van der Waals surface area contributed by atoms with E-state index < -0.39 is 0 Å². The van der Waals surface area contributed by atoms with Gasteiger partial charge in [-0.3, -0.25) is 4.79 Å². The first kappa shape index (κ1) is 18.1. The number of rotatable bonds is 5. The first-order chi connectivity index (χ1) is 9.65. The van der Waals surface area contributed by atoms with Gasteiger partial charge < -0.3 is 26.6 Å². The van der Waals surface area contributed by atoms with Crippen molar-refractivity contribution in [2.45, 2.75) is 51.9 Å². The number of carbonyl (C=O) groups is 1. The van der Waals surface area contributed by atoms with Crippen molar-refractivity contribution in [2.75, 3.05) is 13.1 Å². The normalized spacial score (nSPS) is 21.7. The van der Waals surface area contributed by atoms with Crippen LogP contribution in [0.2, 0.25) is 0 Å². The Balaban J connectivity index is 0.00000220.